The Morgan fingerprint density at radius 1 is 1.55 bits per heavy atom. The van der Waals surface area contributed by atoms with Crippen LogP contribution in [-0.2, 0) is 4.79 Å². The highest BCUT2D eigenvalue weighted by molar-refractivity contribution is 7.16. The second kappa shape index (κ2) is 5.03. The van der Waals surface area contributed by atoms with E-state index in [-0.39, 0.29) is 24.1 Å². The van der Waals surface area contributed by atoms with E-state index in [1.807, 2.05) is 0 Å². The van der Waals surface area contributed by atoms with E-state index >= 15 is 0 Å². The molecule has 2 N–H and O–H groups in total. The first-order valence-corrected chi connectivity index (χ1v) is 7.21. The summed E-state index contributed by atoms with van der Waals surface area (Å²) in [7, 11) is 1.75. The third-order valence-electron chi connectivity index (χ3n) is 3.16. The van der Waals surface area contributed by atoms with E-state index < -0.39 is 0 Å². The lowest BCUT2D eigenvalue weighted by molar-refractivity contribution is -0.116. The van der Waals surface area contributed by atoms with Crippen LogP contribution in [0.25, 0.3) is 0 Å². The van der Waals surface area contributed by atoms with Crippen molar-refractivity contribution < 1.29 is 9.18 Å². The molecule has 20 heavy (non-hydrogen) atoms. The van der Waals surface area contributed by atoms with E-state index in [0.717, 1.165) is 4.88 Å². The molecule has 3 rings (SSSR count). The number of rotatable bonds is 2. The second-order valence-electron chi connectivity index (χ2n) is 4.45. The third kappa shape index (κ3) is 2.25. The second-order valence-corrected chi connectivity index (χ2v) is 5.92. The van der Waals surface area contributed by atoms with Gasteiger partial charge in [-0.25, -0.2) is 9.37 Å². The predicted octanol–water partition coefficient (Wildman–Crippen LogP) is 3.45. The number of nitrogens with one attached hydrogen (secondary N) is 2. The summed E-state index contributed by atoms with van der Waals surface area (Å²) in [5.41, 5.74) is 0.430. The van der Waals surface area contributed by atoms with Crippen LogP contribution < -0.4 is 10.6 Å². The van der Waals surface area contributed by atoms with E-state index in [9.17, 15) is 9.18 Å². The van der Waals surface area contributed by atoms with Crippen molar-refractivity contribution in [1.82, 2.24) is 4.98 Å². The van der Waals surface area contributed by atoms with Gasteiger partial charge in [0.2, 0.25) is 5.91 Å². The van der Waals surface area contributed by atoms with E-state index in [1.54, 1.807) is 13.1 Å². The maximum Gasteiger partial charge on any atom is 0.226 e. The Morgan fingerprint density at radius 2 is 2.35 bits per heavy atom. The molecule has 7 heteroatoms. The lowest BCUT2D eigenvalue weighted by Crippen LogP contribution is -2.23. The van der Waals surface area contributed by atoms with Gasteiger partial charge < -0.3 is 10.6 Å². The Bertz CT molecular complexity index is 688. The first-order chi connectivity index (χ1) is 9.58. The Balaban J connectivity index is 2.12. The number of carbonyl (C=O) groups excluding carboxylic acids is 1. The summed E-state index contributed by atoms with van der Waals surface area (Å²) in [6.45, 7) is 0. The number of amides is 1. The summed E-state index contributed by atoms with van der Waals surface area (Å²) in [6.07, 6.45) is 0.190. The normalized spacial score (nSPS) is 17.6. The minimum Gasteiger partial charge on any atom is -0.365 e. The number of hydrogen-bond acceptors (Lipinski definition) is 4. The van der Waals surface area contributed by atoms with Gasteiger partial charge in [0.25, 0.3) is 0 Å². The number of anilines is 2. The van der Waals surface area contributed by atoms with Crippen molar-refractivity contribution in [2.24, 2.45) is 0 Å². The molecule has 1 aliphatic rings. The van der Waals surface area contributed by atoms with Gasteiger partial charge in [0.1, 0.15) is 11.6 Å². The van der Waals surface area contributed by atoms with Gasteiger partial charge in [0.15, 0.2) is 5.13 Å². The van der Waals surface area contributed by atoms with Crippen LogP contribution in [0.2, 0.25) is 5.02 Å². The molecule has 0 fully saturated rings. The highest BCUT2D eigenvalue weighted by Gasteiger charge is 2.31. The van der Waals surface area contributed by atoms with Gasteiger partial charge in [-0.3, -0.25) is 4.79 Å². The van der Waals surface area contributed by atoms with Gasteiger partial charge in [-0.1, -0.05) is 22.9 Å². The number of carbonyl (C=O) groups is 1. The maximum absolute atomic E-state index is 14.0. The van der Waals surface area contributed by atoms with Crippen molar-refractivity contribution in [2.45, 2.75) is 12.3 Å². The number of nitrogens with zero attached hydrogens (tertiary/aromatic N) is 1. The first-order valence-electron chi connectivity index (χ1n) is 6.01. The van der Waals surface area contributed by atoms with Crippen molar-refractivity contribution in [2.75, 3.05) is 17.7 Å². The van der Waals surface area contributed by atoms with Crippen LogP contribution in [-0.4, -0.2) is 17.9 Å². The third-order valence-corrected chi connectivity index (χ3v) is 4.59. The number of hydrogen-bond donors (Lipinski definition) is 2. The van der Waals surface area contributed by atoms with Gasteiger partial charge in [-0.2, -0.15) is 0 Å². The minimum absolute atomic E-state index is 0.171. The Morgan fingerprint density at radius 3 is 3.10 bits per heavy atom. The van der Waals surface area contributed by atoms with Gasteiger partial charge in [0.05, 0.1) is 4.88 Å². The van der Waals surface area contributed by atoms with Crippen LogP contribution in [0.5, 0.6) is 0 Å². The SMILES string of the molecule is CNc1nc2c(s1)[C@@H](c1cc(Cl)ccc1F)CC(=O)N2. The predicted molar refractivity (Wildman–Crippen MR) is 78.2 cm³/mol. The monoisotopic (exact) mass is 311 g/mol. The summed E-state index contributed by atoms with van der Waals surface area (Å²) in [5, 5.41) is 6.78. The van der Waals surface area contributed by atoms with E-state index in [0.29, 0.717) is 21.5 Å². The Kier molecular flexibility index (Phi) is 3.35. The molecule has 0 radical (unpaired) electrons. The topological polar surface area (TPSA) is 54.0 Å². The quantitative estimate of drug-likeness (QED) is 0.893. The zero-order valence-electron chi connectivity index (χ0n) is 10.5. The largest absolute Gasteiger partial charge is 0.365 e. The summed E-state index contributed by atoms with van der Waals surface area (Å²) < 4.78 is 14.0. The van der Waals surface area contributed by atoms with E-state index in [2.05, 4.69) is 15.6 Å². The molecule has 0 spiro atoms. The molecule has 0 aliphatic carbocycles. The molecular formula is C13H11ClFN3OS. The fraction of sp³-hybridized carbons (Fsp3) is 0.231. The molecule has 0 unspecified atom stereocenters. The van der Waals surface area contributed by atoms with E-state index in [1.165, 1.54) is 23.5 Å². The number of aromatic nitrogens is 1. The van der Waals surface area contributed by atoms with Crippen molar-refractivity contribution in [3.8, 4) is 0 Å². The zero-order chi connectivity index (χ0) is 14.3. The maximum atomic E-state index is 14.0. The molecule has 1 aromatic carbocycles. The van der Waals surface area contributed by atoms with E-state index in [4.69, 9.17) is 11.6 Å². The number of benzene rings is 1. The van der Waals surface area contributed by atoms with Crippen LogP contribution in [0.4, 0.5) is 15.3 Å². The zero-order valence-corrected chi connectivity index (χ0v) is 12.1. The van der Waals surface area contributed by atoms with Crippen LogP contribution in [0, 0.1) is 5.82 Å². The Hall–Kier alpha value is -1.66. The lowest BCUT2D eigenvalue weighted by Gasteiger charge is -2.22. The smallest absolute Gasteiger partial charge is 0.226 e. The highest BCUT2D eigenvalue weighted by atomic mass is 35.5. The fourth-order valence-corrected chi connectivity index (χ4v) is 3.43. The van der Waals surface area contributed by atoms with Crippen LogP contribution in [0.15, 0.2) is 18.2 Å². The number of fused-ring (bicyclic) bond motifs is 1. The summed E-state index contributed by atoms with van der Waals surface area (Å²) in [6, 6.07) is 4.39. The molecule has 1 amide bonds. The molecule has 0 saturated heterocycles. The molecule has 1 atom stereocenters. The molecule has 0 bridgehead atoms. The van der Waals surface area contributed by atoms with Crippen molar-refractivity contribution >= 4 is 39.8 Å². The number of halogens is 2. The number of thiazole rings is 1. The average Bonchev–Trinajstić information content (AvgIpc) is 2.83. The van der Waals surface area contributed by atoms with Gasteiger partial charge in [0, 0.05) is 24.4 Å². The minimum atomic E-state index is -0.362. The molecule has 1 aliphatic heterocycles. The molecule has 0 saturated carbocycles. The summed E-state index contributed by atoms with van der Waals surface area (Å²) in [4.78, 5) is 16.9. The average molecular weight is 312 g/mol. The van der Waals surface area contributed by atoms with Gasteiger partial charge in [-0.05, 0) is 23.8 Å². The van der Waals surface area contributed by atoms with Crippen molar-refractivity contribution in [3.05, 3.63) is 39.5 Å². The van der Waals surface area contributed by atoms with Crippen LogP contribution in [0.3, 0.4) is 0 Å². The highest BCUT2D eigenvalue weighted by Crippen LogP contribution is 2.43. The summed E-state index contributed by atoms with van der Waals surface area (Å²) in [5.74, 6) is -0.383. The van der Waals surface area contributed by atoms with Gasteiger partial charge in [-0.15, -0.1) is 0 Å². The standard InChI is InChI=1S/C13H11ClFN3OS/c1-16-13-18-12-11(20-13)8(5-10(19)17-12)7-4-6(14)2-3-9(7)15/h2-4,8H,5H2,1H3,(H,16,18)(H,17,19)/t8-/m1/s1. The van der Waals surface area contributed by atoms with Crippen LogP contribution >= 0.6 is 22.9 Å². The molecule has 2 heterocycles. The van der Waals surface area contributed by atoms with Crippen molar-refractivity contribution in [1.29, 1.82) is 0 Å². The Labute approximate surface area is 124 Å². The fourth-order valence-electron chi connectivity index (χ4n) is 2.26. The molecule has 2 aromatic rings. The molecule has 104 valence electrons. The summed E-state index contributed by atoms with van der Waals surface area (Å²) >= 11 is 7.35. The molecule has 1 aromatic heterocycles. The van der Waals surface area contributed by atoms with Crippen molar-refractivity contribution in [3.63, 3.8) is 0 Å². The lowest BCUT2D eigenvalue weighted by atomic mass is 9.91. The molecule has 4 nitrogen and oxygen atoms in total. The van der Waals surface area contributed by atoms with Gasteiger partial charge >= 0.3 is 0 Å². The molecular weight excluding hydrogens is 301 g/mol. The first kappa shape index (κ1) is 13.3. The van der Waals surface area contributed by atoms with Crippen LogP contribution in [0.1, 0.15) is 22.8 Å².